The van der Waals surface area contributed by atoms with Crippen molar-refractivity contribution in [2.45, 2.75) is 13.3 Å². The number of nitrogens with zero attached hydrogens (tertiary/aromatic N) is 3. The number of hydrogen-bond donors (Lipinski definition) is 1. The topological polar surface area (TPSA) is 118 Å². The maximum atomic E-state index is 13.4. The van der Waals surface area contributed by atoms with Gasteiger partial charge in [0.1, 0.15) is 15.5 Å². The van der Waals surface area contributed by atoms with Gasteiger partial charge >= 0.3 is 12.1 Å². The second kappa shape index (κ2) is 8.64. The molecule has 0 unspecified atom stereocenters. The number of fused-ring (bicyclic) bond motifs is 1. The number of rotatable bonds is 5. The Kier molecular flexibility index (Phi) is 5.59. The summed E-state index contributed by atoms with van der Waals surface area (Å²) < 4.78 is 46.8. The molecular weight excluding hydrogens is 497 g/mol. The van der Waals surface area contributed by atoms with Crippen molar-refractivity contribution < 1.29 is 37.0 Å². The van der Waals surface area contributed by atoms with Crippen molar-refractivity contribution >= 4 is 33.0 Å². The molecule has 3 heterocycles. The number of carbonyl (C=O) groups excluding carboxylic acids is 1. The molecule has 0 aliphatic rings. The first-order chi connectivity index (χ1) is 17.1. The minimum atomic E-state index is -4.86. The van der Waals surface area contributed by atoms with Crippen LogP contribution in [0.5, 0.6) is 11.7 Å². The molecular formula is C24H15F3N4O4S. The van der Waals surface area contributed by atoms with Gasteiger partial charge in [-0.2, -0.15) is 0 Å². The van der Waals surface area contributed by atoms with Gasteiger partial charge in [-0.05, 0) is 35.4 Å². The molecule has 0 fully saturated rings. The number of aromatic nitrogens is 3. The molecule has 0 aliphatic carbocycles. The van der Waals surface area contributed by atoms with Crippen molar-refractivity contribution in [1.82, 2.24) is 10.3 Å². The summed E-state index contributed by atoms with van der Waals surface area (Å²) in [7, 11) is 0. The maximum Gasteiger partial charge on any atom is 0.573 e. The van der Waals surface area contributed by atoms with Gasteiger partial charge in [-0.25, -0.2) is 4.98 Å². The lowest BCUT2D eigenvalue weighted by Crippen LogP contribution is -2.39. The number of benzene rings is 2. The van der Waals surface area contributed by atoms with Gasteiger partial charge in [0, 0.05) is 23.1 Å². The van der Waals surface area contributed by atoms with Crippen LogP contribution < -0.4 is 20.3 Å². The maximum absolute atomic E-state index is 13.4. The number of aryl methyl sites for hydroxylation is 1. The molecule has 0 amide bonds. The quantitative estimate of drug-likeness (QED) is 0.275. The third-order valence-electron chi connectivity index (χ3n) is 5.31. The standard InChI is InChI=1S/C24H15F3N4O4S/c1-12-11-16-17(28)21(36-22(16)29-18(12)13-5-3-2-4-6-13)20(32)19-23(33)35-30-31(19)14-7-9-15(10-8-14)34-24(25,26)27/h2-11H,1H3,(H2-,28,30,32,33). The number of thiophene rings is 1. The molecule has 0 spiro atoms. The molecule has 36 heavy (non-hydrogen) atoms. The van der Waals surface area contributed by atoms with Gasteiger partial charge in [0.2, 0.25) is 5.69 Å². The molecule has 3 aromatic heterocycles. The number of alkyl halides is 3. The predicted octanol–water partition coefficient (Wildman–Crippen LogP) is 4.32. The van der Waals surface area contributed by atoms with Crippen molar-refractivity contribution in [3.05, 3.63) is 76.8 Å². The van der Waals surface area contributed by atoms with Crippen LogP contribution in [-0.4, -0.2) is 22.4 Å². The molecule has 5 aromatic rings. The van der Waals surface area contributed by atoms with Gasteiger partial charge in [-0.3, -0.25) is 4.79 Å². The highest BCUT2D eigenvalue weighted by molar-refractivity contribution is 7.21. The average molecular weight is 512 g/mol. The fraction of sp³-hybridized carbons (Fsp3) is 0.0833. The number of carbonyl (C=O) groups is 1. The van der Waals surface area contributed by atoms with Crippen molar-refractivity contribution in [3.63, 3.8) is 0 Å². The second-order valence-electron chi connectivity index (χ2n) is 7.71. The molecule has 0 bridgehead atoms. The van der Waals surface area contributed by atoms with Crippen LogP contribution in [0.1, 0.15) is 20.9 Å². The van der Waals surface area contributed by atoms with Crippen molar-refractivity contribution in [2.75, 3.05) is 5.73 Å². The number of hydrogen-bond acceptors (Lipinski definition) is 8. The highest BCUT2D eigenvalue weighted by Gasteiger charge is 2.33. The van der Waals surface area contributed by atoms with E-state index in [1.807, 2.05) is 43.3 Å². The molecule has 182 valence electrons. The van der Waals surface area contributed by atoms with Crippen LogP contribution in [0.3, 0.4) is 0 Å². The molecule has 8 nitrogen and oxygen atoms in total. The van der Waals surface area contributed by atoms with Gasteiger partial charge in [0.25, 0.3) is 5.78 Å². The van der Waals surface area contributed by atoms with Gasteiger partial charge in [-0.1, -0.05) is 30.3 Å². The zero-order valence-electron chi connectivity index (χ0n) is 18.4. The van der Waals surface area contributed by atoms with E-state index >= 15 is 0 Å². The highest BCUT2D eigenvalue weighted by Crippen LogP contribution is 2.37. The van der Waals surface area contributed by atoms with E-state index in [-0.39, 0.29) is 16.3 Å². The van der Waals surface area contributed by atoms with Crippen LogP contribution in [0.2, 0.25) is 0 Å². The minimum Gasteiger partial charge on any atom is -0.539 e. The fourth-order valence-corrected chi connectivity index (χ4v) is 4.73. The monoisotopic (exact) mass is 512 g/mol. The number of ketones is 1. The first-order valence-electron chi connectivity index (χ1n) is 10.4. The van der Waals surface area contributed by atoms with E-state index in [1.165, 1.54) is 12.1 Å². The Bertz CT molecular complexity index is 1600. The first kappa shape index (κ1) is 23.3. The Morgan fingerprint density at radius 1 is 1.14 bits per heavy atom. The largest absolute Gasteiger partial charge is 0.573 e. The lowest BCUT2D eigenvalue weighted by atomic mass is 10.1. The SMILES string of the molecule is Cc1cc2c(N)c(C(=O)c3c([O-])on[n+]3-c3ccc(OC(F)(F)F)cc3)sc2nc1-c1ccccc1. The number of halogens is 3. The summed E-state index contributed by atoms with van der Waals surface area (Å²) in [5.41, 5.74) is 8.56. The Labute approximate surface area is 205 Å². The normalized spacial score (nSPS) is 11.7. The van der Waals surface area contributed by atoms with E-state index in [0.29, 0.717) is 10.2 Å². The summed E-state index contributed by atoms with van der Waals surface area (Å²) in [5, 5.41) is 16.5. The zero-order chi connectivity index (χ0) is 25.6. The number of nitrogens with two attached hydrogens (primary N) is 1. The van der Waals surface area contributed by atoms with Crippen molar-refractivity contribution in [3.8, 4) is 28.6 Å². The van der Waals surface area contributed by atoms with Crippen LogP contribution in [0.15, 0.2) is 65.2 Å². The van der Waals surface area contributed by atoms with E-state index < -0.39 is 29.5 Å². The molecule has 0 saturated heterocycles. The van der Waals surface area contributed by atoms with E-state index in [0.717, 1.165) is 45.0 Å². The number of anilines is 1. The summed E-state index contributed by atoms with van der Waals surface area (Å²) in [5.74, 6) is -2.26. The smallest absolute Gasteiger partial charge is 0.539 e. The van der Waals surface area contributed by atoms with Crippen LogP contribution in [0.25, 0.3) is 27.2 Å². The number of pyridine rings is 1. The van der Waals surface area contributed by atoms with Crippen LogP contribution in [0, 0.1) is 6.92 Å². The molecule has 0 radical (unpaired) electrons. The predicted molar refractivity (Wildman–Crippen MR) is 122 cm³/mol. The zero-order valence-corrected chi connectivity index (χ0v) is 19.2. The van der Waals surface area contributed by atoms with E-state index in [1.54, 1.807) is 0 Å². The van der Waals surface area contributed by atoms with Gasteiger partial charge in [0.05, 0.1) is 16.7 Å². The summed E-state index contributed by atoms with van der Waals surface area (Å²) in [6, 6.07) is 15.8. The fourth-order valence-electron chi connectivity index (χ4n) is 3.71. The summed E-state index contributed by atoms with van der Waals surface area (Å²) in [4.78, 5) is 18.7. The molecule has 2 aromatic carbocycles. The average Bonchev–Trinajstić information content (AvgIpc) is 3.38. The van der Waals surface area contributed by atoms with Crippen LogP contribution in [-0.2, 0) is 0 Å². The molecule has 0 atom stereocenters. The van der Waals surface area contributed by atoms with Gasteiger partial charge in [0.15, 0.2) is 5.95 Å². The minimum absolute atomic E-state index is 0.0631. The third-order valence-corrected chi connectivity index (χ3v) is 6.42. The van der Waals surface area contributed by atoms with Crippen LogP contribution in [0.4, 0.5) is 18.9 Å². The second-order valence-corrected chi connectivity index (χ2v) is 8.71. The molecule has 0 aliphatic heterocycles. The van der Waals surface area contributed by atoms with Gasteiger partial charge < -0.3 is 20.1 Å². The molecule has 0 saturated carbocycles. The third kappa shape index (κ3) is 4.22. The summed E-state index contributed by atoms with van der Waals surface area (Å²) >= 11 is 1.02. The Morgan fingerprint density at radius 3 is 2.50 bits per heavy atom. The van der Waals surface area contributed by atoms with Crippen molar-refractivity contribution in [2.24, 2.45) is 0 Å². The molecule has 12 heteroatoms. The molecule has 5 rings (SSSR count). The Balaban J connectivity index is 1.55. The Hall–Kier alpha value is -4.45. The molecule has 2 N–H and O–H groups in total. The first-order valence-corrected chi connectivity index (χ1v) is 11.2. The van der Waals surface area contributed by atoms with E-state index in [2.05, 4.69) is 19.5 Å². The van der Waals surface area contributed by atoms with E-state index in [9.17, 15) is 23.1 Å². The lowest BCUT2D eigenvalue weighted by molar-refractivity contribution is -0.672. The van der Waals surface area contributed by atoms with Gasteiger partial charge in [-0.15, -0.1) is 24.5 Å². The summed E-state index contributed by atoms with van der Waals surface area (Å²) in [6.45, 7) is 1.88. The van der Waals surface area contributed by atoms with E-state index in [4.69, 9.17) is 5.73 Å². The Morgan fingerprint density at radius 2 is 1.83 bits per heavy atom. The number of ether oxygens (including phenoxy) is 1. The lowest BCUT2D eigenvalue weighted by Gasteiger charge is -2.07. The van der Waals surface area contributed by atoms with Crippen LogP contribution >= 0.6 is 11.3 Å². The highest BCUT2D eigenvalue weighted by atomic mass is 32.1. The summed E-state index contributed by atoms with van der Waals surface area (Å²) in [6.07, 6.45) is -4.86. The number of nitrogen functional groups attached to an aromatic ring is 1. The van der Waals surface area contributed by atoms with Crippen molar-refractivity contribution in [1.29, 1.82) is 0 Å².